The molecule has 0 saturated heterocycles. The lowest BCUT2D eigenvalue weighted by Crippen LogP contribution is -2.06. The summed E-state index contributed by atoms with van der Waals surface area (Å²) in [5.74, 6) is 0.0106. The Labute approximate surface area is 87.8 Å². The summed E-state index contributed by atoms with van der Waals surface area (Å²) in [7, 11) is 2.77. The molecule has 1 aromatic rings. The van der Waals surface area contributed by atoms with Gasteiger partial charge in [-0.25, -0.2) is 4.79 Å². The zero-order valence-electron chi connectivity index (χ0n) is 8.87. The Morgan fingerprint density at radius 1 is 1.33 bits per heavy atom. The van der Waals surface area contributed by atoms with Gasteiger partial charge in [-0.3, -0.25) is 4.79 Å². The van der Waals surface area contributed by atoms with Gasteiger partial charge in [-0.05, 0) is 24.6 Å². The van der Waals surface area contributed by atoms with Crippen LogP contribution in [0.2, 0.25) is 0 Å². The van der Waals surface area contributed by atoms with Crippen LogP contribution in [0.3, 0.4) is 0 Å². The van der Waals surface area contributed by atoms with Gasteiger partial charge in [0.2, 0.25) is 0 Å². The summed E-state index contributed by atoms with van der Waals surface area (Å²) in [6, 6.07) is 3.10. The highest BCUT2D eigenvalue weighted by molar-refractivity contribution is 5.98. The smallest absolute Gasteiger partial charge is 0.338 e. The summed E-state index contributed by atoms with van der Waals surface area (Å²) in [4.78, 5) is 22.1. The van der Waals surface area contributed by atoms with Gasteiger partial charge in [0.25, 0.3) is 0 Å². The van der Waals surface area contributed by atoms with Crippen LogP contribution >= 0.6 is 0 Å². The molecular weight excluding hydrogens is 196 g/mol. The molecule has 0 radical (unpaired) electrons. The van der Waals surface area contributed by atoms with E-state index in [-0.39, 0.29) is 5.56 Å². The molecule has 15 heavy (non-hydrogen) atoms. The zero-order valence-corrected chi connectivity index (χ0v) is 8.87. The van der Waals surface area contributed by atoms with E-state index in [9.17, 15) is 9.59 Å². The van der Waals surface area contributed by atoms with Crippen LogP contribution in [-0.2, 0) is 4.74 Å². The second kappa shape index (κ2) is 4.59. The van der Waals surface area contributed by atoms with Crippen LogP contribution in [-0.4, -0.2) is 26.5 Å². The lowest BCUT2D eigenvalue weighted by Gasteiger charge is -2.08. The molecule has 0 N–H and O–H groups in total. The van der Waals surface area contributed by atoms with E-state index in [1.54, 1.807) is 13.0 Å². The third-order valence-electron chi connectivity index (χ3n) is 2.10. The Bertz CT molecular complexity index is 396. The maximum atomic E-state index is 11.3. The first-order chi connectivity index (χ1) is 7.13. The first-order valence-electron chi connectivity index (χ1n) is 4.36. The van der Waals surface area contributed by atoms with Crippen molar-refractivity contribution in [3.63, 3.8) is 0 Å². The molecule has 1 rings (SSSR count). The summed E-state index contributed by atoms with van der Waals surface area (Å²) in [6.45, 7) is 1.80. The molecule has 1 aromatic carbocycles. The van der Waals surface area contributed by atoms with Crippen LogP contribution in [0.1, 0.15) is 26.3 Å². The van der Waals surface area contributed by atoms with Crippen LogP contribution in [0, 0.1) is 6.92 Å². The number of aryl methyl sites for hydroxylation is 1. The van der Waals surface area contributed by atoms with E-state index >= 15 is 0 Å². The fourth-order valence-electron chi connectivity index (χ4n) is 1.31. The third-order valence-corrected chi connectivity index (χ3v) is 2.10. The van der Waals surface area contributed by atoms with Crippen LogP contribution in [0.25, 0.3) is 0 Å². The molecule has 0 aliphatic carbocycles. The molecule has 0 atom stereocenters. The number of benzene rings is 1. The van der Waals surface area contributed by atoms with E-state index < -0.39 is 5.97 Å². The number of hydrogen-bond acceptors (Lipinski definition) is 4. The Hall–Kier alpha value is -1.84. The summed E-state index contributed by atoms with van der Waals surface area (Å²) in [5, 5.41) is 0. The number of hydrogen-bond donors (Lipinski definition) is 0. The highest BCUT2D eigenvalue weighted by Gasteiger charge is 2.14. The second-order valence-electron chi connectivity index (χ2n) is 3.02. The Balaban J connectivity index is 3.34. The van der Waals surface area contributed by atoms with E-state index in [1.807, 2.05) is 0 Å². The summed E-state index contributed by atoms with van der Waals surface area (Å²) in [5.41, 5.74) is 1.32. The van der Waals surface area contributed by atoms with Gasteiger partial charge < -0.3 is 9.47 Å². The first-order valence-corrected chi connectivity index (χ1v) is 4.36. The average Bonchev–Trinajstić information content (AvgIpc) is 2.27. The number of methoxy groups -OCH3 is 2. The largest absolute Gasteiger partial charge is 0.496 e. The summed E-state index contributed by atoms with van der Waals surface area (Å²) < 4.78 is 9.62. The minimum absolute atomic E-state index is 0.218. The minimum atomic E-state index is -0.546. The molecule has 0 bridgehead atoms. The van der Waals surface area contributed by atoms with Crippen molar-refractivity contribution in [3.8, 4) is 5.75 Å². The maximum absolute atomic E-state index is 11.3. The number of ether oxygens (including phenoxy) is 2. The van der Waals surface area contributed by atoms with Gasteiger partial charge in [-0.15, -0.1) is 0 Å². The molecule has 0 fully saturated rings. The molecule has 0 aromatic heterocycles. The monoisotopic (exact) mass is 208 g/mol. The van der Waals surface area contributed by atoms with Gasteiger partial charge >= 0.3 is 5.97 Å². The van der Waals surface area contributed by atoms with Gasteiger partial charge in [0.05, 0.1) is 19.8 Å². The van der Waals surface area contributed by atoms with E-state index in [1.165, 1.54) is 20.3 Å². The third kappa shape index (κ3) is 2.15. The Morgan fingerprint density at radius 2 is 2.00 bits per heavy atom. The van der Waals surface area contributed by atoms with Crippen molar-refractivity contribution < 1.29 is 19.1 Å². The predicted molar refractivity (Wildman–Crippen MR) is 54.5 cm³/mol. The van der Waals surface area contributed by atoms with Crippen molar-refractivity contribution in [2.75, 3.05) is 14.2 Å². The van der Waals surface area contributed by atoms with Crippen molar-refractivity contribution >= 4 is 12.3 Å². The number of carbonyl (C=O) groups is 2. The molecule has 0 aliphatic rings. The van der Waals surface area contributed by atoms with E-state index in [0.29, 0.717) is 17.6 Å². The zero-order chi connectivity index (χ0) is 11.4. The van der Waals surface area contributed by atoms with E-state index in [0.717, 1.165) is 5.56 Å². The number of carbonyl (C=O) groups excluding carboxylic acids is 2. The molecule has 80 valence electrons. The van der Waals surface area contributed by atoms with Gasteiger partial charge in [0.1, 0.15) is 5.75 Å². The van der Waals surface area contributed by atoms with Gasteiger partial charge in [-0.2, -0.15) is 0 Å². The summed E-state index contributed by atoms with van der Waals surface area (Å²) in [6.07, 6.45) is 0.624. The van der Waals surface area contributed by atoms with Crippen molar-refractivity contribution in [2.45, 2.75) is 6.92 Å². The molecule has 0 spiro atoms. The van der Waals surface area contributed by atoms with E-state index in [2.05, 4.69) is 4.74 Å². The molecule has 4 heteroatoms. The van der Waals surface area contributed by atoms with E-state index in [4.69, 9.17) is 4.74 Å². The van der Waals surface area contributed by atoms with Crippen molar-refractivity contribution in [1.29, 1.82) is 0 Å². The molecule has 0 heterocycles. The lowest BCUT2D eigenvalue weighted by atomic mass is 10.0. The van der Waals surface area contributed by atoms with Gasteiger partial charge in [0, 0.05) is 5.56 Å². The van der Waals surface area contributed by atoms with Crippen molar-refractivity contribution in [2.24, 2.45) is 0 Å². The normalized spacial score (nSPS) is 9.53. The van der Waals surface area contributed by atoms with Gasteiger partial charge in [0.15, 0.2) is 6.29 Å². The predicted octanol–water partition coefficient (Wildman–Crippen LogP) is 1.60. The molecule has 4 nitrogen and oxygen atoms in total. The number of esters is 1. The molecular formula is C11H12O4. The van der Waals surface area contributed by atoms with Crippen LogP contribution in [0.4, 0.5) is 0 Å². The highest BCUT2D eigenvalue weighted by Crippen LogP contribution is 2.22. The van der Waals surface area contributed by atoms with Crippen LogP contribution in [0.15, 0.2) is 12.1 Å². The molecule has 0 aliphatic heterocycles. The number of aldehydes is 1. The Morgan fingerprint density at radius 3 is 2.47 bits per heavy atom. The maximum Gasteiger partial charge on any atom is 0.338 e. The topological polar surface area (TPSA) is 52.6 Å². The van der Waals surface area contributed by atoms with Crippen LogP contribution < -0.4 is 4.74 Å². The molecule has 0 saturated carbocycles. The van der Waals surface area contributed by atoms with Crippen molar-refractivity contribution in [3.05, 3.63) is 28.8 Å². The fourth-order valence-corrected chi connectivity index (χ4v) is 1.31. The van der Waals surface area contributed by atoms with Crippen LogP contribution in [0.5, 0.6) is 5.75 Å². The first kappa shape index (κ1) is 11.2. The molecule has 0 amide bonds. The average molecular weight is 208 g/mol. The van der Waals surface area contributed by atoms with Gasteiger partial charge in [-0.1, -0.05) is 0 Å². The quantitative estimate of drug-likeness (QED) is 0.559. The summed E-state index contributed by atoms with van der Waals surface area (Å²) >= 11 is 0. The standard InChI is InChI=1S/C11H12O4/c1-7-4-8(6-12)9(11(13)15-3)5-10(7)14-2/h4-6H,1-3H3. The second-order valence-corrected chi connectivity index (χ2v) is 3.02. The highest BCUT2D eigenvalue weighted by atomic mass is 16.5. The van der Waals surface area contributed by atoms with Crippen molar-refractivity contribution in [1.82, 2.24) is 0 Å². The fraction of sp³-hybridized carbons (Fsp3) is 0.273. The SMILES string of the molecule is COC(=O)c1cc(OC)c(C)cc1C=O. The number of rotatable bonds is 3. The minimum Gasteiger partial charge on any atom is -0.496 e. The lowest BCUT2D eigenvalue weighted by molar-refractivity contribution is 0.0598. The Kier molecular flexibility index (Phi) is 3.44. The molecule has 0 unspecified atom stereocenters.